The van der Waals surface area contributed by atoms with Crippen LogP contribution in [-0.2, 0) is 7.05 Å². The number of amides is 1. The highest BCUT2D eigenvalue weighted by Gasteiger charge is 2.24. The number of rotatable bonds is 5. The Balaban J connectivity index is 1.99. The first-order chi connectivity index (χ1) is 12.4. The first kappa shape index (κ1) is 17.9. The van der Waals surface area contributed by atoms with E-state index in [1.54, 1.807) is 12.4 Å². The normalized spacial score (nSPS) is 11.3. The highest BCUT2D eigenvalue weighted by atomic mass is 16.5. The quantitative estimate of drug-likeness (QED) is 0.690. The number of nitrogens with one attached hydrogen (secondary N) is 2. The van der Waals surface area contributed by atoms with E-state index < -0.39 is 0 Å². The summed E-state index contributed by atoms with van der Waals surface area (Å²) >= 11 is 0. The van der Waals surface area contributed by atoms with Gasteiger partial charge in [0.05, 0.1) is 0 Å². The molecule has 0 spiro atoms. The van der Waals surface area contributed by atoms with Crippen LogP contribution in [0.2, 0.25) is 0 Å². The van der Waals surface area contributed by atoms with E-state index in [0.29, 0.717) is 28.5 Å². The number of hydrogen-bond donors (Lipinski definition) is 2. The number of aryl methyl sites for hydroxylation is 1. The molecule has 0 aliphatic carbocycles. The Kier molecular flexibility index (Phi) is 4.93. The summed E-state index contributed by atoms with van der Waals surface area (Å²) in [5, 5.41) is 2.91. The van der Waals surface area contributed by atoms with Crippen LogP contribution in [0, 0.1) is 0 Å². The Morgan fingerprint density at radius 2 is 2.04 bits per heavy atom. The lowest BCUT2D eigenvalue weighted by Gasteiger charge is -2.09. The van der Waals surface area contributed by atoms with Crippen LogP contribution >= 0.6 is 0 Å². The van der Waals surface area contributed by atoms with E-state index in [0.717, 1.165) is 5.75 Å². The molecule has 6 nitrogen and oxygen atoms in total. The summed E-state index contributed by atoms with van der Waals surface area (Å²) in [7, 11) is 1.87. The predicted octanol–water partition coefficient (Wildman–Crippen LogP) is 3.44. The number of carbonyl (C=O) groups excluding carboxylic acids is 1. The molecule has 0 atom stereocenters. The van der Waals surface area contributed by atoms with Crippen molar-refractivity contribution in [1.29, 1.82) is 0 Å². The summed E-state index contributed by atoms with van der Waals surface area (Å²) in [5.41, 5.74) is 3.10. The van der Waals surface area contributed by atoms with Crippen molar-refractivity contribution >= 4 is 17.1 Å². The minimum atomic E-state index is -0.136. The number of nitrogens with zero attached hydrogens (tertiary/aromatic N) is 2. The van der Waals surface area contributed by atoms with Crippen molar-refractivity contribution in [3.63, 3.8) is 0 Å². The van der Waals surface area contributed by atoms with Gasteiger partial charge in [-0.25, -0.2) is 4.98 Å². The molecule has 3 rings (SSSR count). The van der Waals surface area contributed by atoms with Crippen LogP contribution in [0.5, 0.6) is 11.6 Å². The molecule has 3 aromatic rings. The van der Waals surface area contributed by atoms with Crippen LogP contribution in [0.1, 0.15) is 49.5 Å². The molecule has 2 aromatic heterocycles. The maximum absolute atomic E-state index is 12.5. The van der Waals surface area contributed by atoms with E-state index in [1.165, 1.54) is 5.56 Å². The van der Waals surface area contributed by atoms with E-state index in [1.807, 2.05) is 43.7 Å². The average molecular weight is 353 g/mol. The molecule has 26 heavy (non-hydrogen) atoms. The smallest absolute Gasteiger partial charge is 0.392 e. The summed E-state index contributed by atoms with van der Waals surface area (Å²) in [5.74, 6) is 1.60. The minimum Gasteiger partial charge on any atom is -0.404 e. The van der Waals surface area contributed by atoms with E-state index in [-0.39, 0.29) is 11.9 Å². The van der Waals surface area contributed by atoms with Gasteiger partial charge in [0.1, 0.15) is 24.6 Å². The number of ether oxygens (including phenoxy) is 1. The van der Waals surface area contributed by atoms with Crippen molar-refractivity contribution in [1.82, 2.24) is 15.3 Å². The van der Waals surface area contributed by atoms with E-state index >= 15 is 0 Å². The second-order valence-electron chi connectivity index (χ2n) is 7.01. The zero-order valence-electron chi connectivity index (χ0n) is 15.8. The molecule has 0 bridgehead atoms. The Bertz CT molecular complexity index is 944. The van der Waals surface area contributed by atoms with Crippen LogP contribution < -0.4 is 14.6 Å². The zero-order chi connectivity index (χ0) is 18.8. The molecule has 0 aliphatic heterocycles. The molecule has 0 fully saturated rings. The molecular formula is C20H25N4O2+. The Morgan fingerprint density at radius 1 is 1.27 bits per heavy atom. The first-order valence-corrected chi connectivity index (χ1v) is 8.81. The minimum absolute atomic E-state index is 0.0592. The number of fused-ring (bicyclic) bond motifs is 1. The van der Waals surface area contributed by atoms with Crippen LogP contribution in [-0.4, -0.2) is 21.9 Å². The van der Waals surface area contributed by atoms with Gasteiger partial charge in [-0.05, 0) is 37.5 Å². The first-order valence-electron chi connectivity index (χ1n) is 8.81. The van der Waals surface area contributed by atoms with Gasteiger partial charge in [-0.3, -0.25) is 4.79 Å². The maximum Gasteiger partial charge on any atom is 0.392 e. The lowest BCUT2D eigenvalue weighted by atomic mass is 10.0. The lowest BCUT2D eigenvalue weighted by molar-refractivity contribution is -0.650. The molecule has 0 unspecified atom stereocenters. The van der Waals surface area contributed by atoms with Crippen LogP contribution in [0.3, 0.4) is 0 Å². The molecule has 0 saturated heterocycles. The van der Waals surface area contributed by atoms with Gasteiger partial charge in [-0.2, -0.15) is 4.57 Å². The van der Waals surface area contributed by atoms with Crippen LogP contribution in [0.25, 0.3) is 11.2 Å². The Hall–Kier alpha value is -2.89. The van der Waals surface area contributed by atoms with Gasteiger partial charge in [-0.15, -0.1) is 0 Å². The van der Waals surface area contributed by atoms with Gasteiger partial charge < -0.3 is 15.0 Å². The summed E-state index contributed by atoms with van der Waals surface area (Å²) in [4.78, 5) is 19.9. The highest BCUT2D eigenvalue weighted by molar-refractivity contribution is 6.03. The zero-order valence-corrected chi connectivity index (χ0v) is 15.8. The third kappa shape index (κ3) is 3.54. The summed E-state index contributed by atoms with van der Waals surface area (Å²) in [6.45, 7) is 8.15. The number of aromatic nitrogens is 3. The molecule has 2 N–H and O–H groups in total. The Labute approximate surface area is 153 Å². The van der Waals surface area contributed by atoms with Gasteiger partial charge in [0, 0.05) is 12.2 Å². The van der Waals surface area contributed by atoms with Crippen LogP contribution in [0.4, 0.5) is 0 Å². The third-order valence-corrected chi connectivity index (χ3v) is 4.21. The van der Waals surface area contributed by atoms with Crippen LogP contribution in [0.15, 0.2) is 36.7 Å². The number of benzene rings is 1. The maximum atomic E-state index is 12.5. The van der Waals surface area contributed by atoms with Gasteiger partial charge in [0.15, 0.2) is 0 Å². The Morgan fingerprint density at radius 3 is 2.73 bits per heavy atom. The van der Waals surface area contributed by atoms with Gasteiger partial charge in [-0.1, -0.05) is 26.0 Å². The molecule has 6 heteroatoms. The molecular weight excluding hydrogens is 328 g/mol. The van der Waals surface area contributed by atoms with Crippen molar-refractivity contribution in [2.45, 2.75) is 39.7 Å². The molecule has 136 valence electrons. The highest BCUT2D eigenvalue weighted by Crippen LogP contribution is 2.24. The second kappa shape index (κ2) is 7.15. The second-order valence-corrected chi connectivity index (χ2v) is 7.01. The van der Waals surface area contributed by atoms with Crippen molar-refractivity contribution in [2.75, 3.05) is 0 Å². The fourth-order valence-corrected chi connectivity index (χ4v) is 2.83. The van der Waals surface area contributed by atoms with Gasteiger partial charge in [0.25, 0.3) is 11.4 Å². The van der Waals surface area contributed by atoms with E-state index in [2.05, 4.69) is 35.2 Å². The number of hydrogen-bond acceptors (Lipinski definition) is 3. The van der Waals surface area contributed by atoms with Crippen molar-refractivity contribution in [3.05, 3.63) is 47.8 Å². The van der Waals surface area contributed by atoms with E-state index in [9.17, 15) is 4.79 Å². The third-order valence-electron chi connectivity index (χ3n) is 4.21. The number of carbonyl (C=O) groups is 1. The lowest BCUT2D eigenvalue weighted by Crippen LogP contribution is -2.35. The fourth-order valence-electron chi connectivity index (χ4n) is 2.83. The summed E-state index contributed by atoms with van der Waals surface area (Å²) in [6.07, 6.45) is 3.34. The predicted molar refractivity (Wildman–Crippen MR) is 100 cm³/mol. The molecule has 1 amide bonds. The summed E-state index contributed by atoms with van der Waals surface area (Å²) in [6, 6.07) is 8.06. The van der Waals surface area contributed by atoms with E-state index in [4.69, 9.17) is 4.74 Å². The molecule has 1 aromatic carbocycles. The molecule has 2 heterocycles. The average Bonchev–Trinajstić information content (AvgIpc) is 3.02. The van der Waals surface area contributed by atoms with Crippen molar-refractivity contribution in [3.8, 4) is 11.6 Å². The van der Waals surface area contributed by atoms with Crippen molar-refractivity contribution < 1.29 is 14.1 Å². The van der Waals surface area contributed by atoms with Gasteiger partial charge >= 0.3 is 5.88 Å². The largest absolute Gasteiger partial charge is 0.404 e. The van der Waals surface area contributed by atoms with Gasteiger partial charge in [0.2, 0.25) is 5.65 Å². The number of aromatic amines is 1. The number of H-pyrrole nitrogens is 1. The standard InChI is InChI=1S/C20H24N4O2/c1-12(2)14-7-6-8-15(9-14)26-17-11-22-19-18(24(17)5)16(10-21-19)20(25)23-13(3)4/h6-13H,1-5H3,(H,23,25)/p+1. The molecule has 0 aliphatic rings. The SMILES string of the molecule is CC(C)NC(=O)c1c[nH]c2ncc(Oc3cccc(C(C)C)c3)[n+](C)c12. The molecule has 0 saturated carbocycles. The fraction of sp³-hybridized carbons (Fsp3) is 0.350. The molecule has 0 radical (unpaired) electrons. The summed E-state index contributed by atoms with van der Waals surface area (Å²) < 4.78 is 7.89. The topological polar surface area (TPSA) is 70.9 Å². The monoisotopic (exact) mass is 353 g/mol. The van der Waals surface area contributed by atoms with Crippen molar-refractivity contribution in [2.24, 2.45) is 7.05 Å².